The maximum Gasteiger partial charge on any atom is 0.335 e. The van der Waals surface area contributed by atoms with E-state index in [1.54, 1.807) is 35.6 Å². The SMILES string of the molecule is CCn1c(-c2ccccc2N(C)C)csc1=Nc1ccc(C(=O)O)cc1. The molecule has 3 aromatic rings. The Morgan fingerprint density at radius 2 is 1.85 bits per heavy atom. The third kappa shape index (κ3) is 3.55. The summed E-state index contributed by atoms with van der Waals surface area (Å²) >= 11 is 1.58. The molecule has 134 valence electrons. The monoisotopic (exact) mass is 367 g/mol. The molecule has 0 unspecified atom stereocenters. The normalized spacial score (nSPS) is 11.6. The number of aromatic nitrogens is 1. The Bertz CT molecular complexity index is 985. The maximum absolute atomic E-state index is 11.0. The lowest BCUT2D eigenvalue weighted by atomic mass is 10.1. The molecule has 0 amide bonds. The molecule has 0 saturated carbocycles. The predicted molar refractivity (Wildman–Crippen MR) is 106 cm³/mol. The van der Waals surface area contributed by atoms with Crippen LogP contribution in [0.1, 0.15) is 17.3 Å². The molecule has 0 atom stereocenters. The van der Waals surface area contributed by atoms with Gasteiger partial charge in [0, 0.05) is 37.3 Å². The molecule has 0 aliphatic heterocycles. The van der Waals surface area contributed by atoms with E-state index >= 15 is 0 Å². The van der Waals surface area contributed by atoms with E-state index in [2.05, 4.69) is 33.9 Å². The van der Waals surface area contributed by atoms with E-state index in [0.717, 1.165) is 28.4 Å². The number of hydrogen-bond donors (Lipinski definition) is 1. The van der Waals surface area contributed by atoms with Crippen molar-refractivity contribution in [2.75, 3.05) is 19.0 Å². The van der Waals surface area contributed by atoms with Gasteiger partial charge in [0.25, 0.3) is 0 Å². The van der Waals surface area contributed by atoms with Crippen molar-refractivity contribution in [3.8, 4) is 11.3 Å². The summed E-state index contributed by atoms with van der Waals surface area (Å²) < 4.78 is 2.18. The number of carbonyl (C=O) groups is 1. The molecular formula is C20H21N3O2S. The molecule has 0 fully saturated rings. The molecule has 0 radical (unpaired) electrons. The first-order valence-electron chi connectivity index (χ1n) is 8.34. The van der Waals surface area contributed by atoms with Gasteiger partial charge in [-0.25, -0.2) is 9.79 Å². The number of carboxylic acid groups (broad SMARTS) is 1. The van der Waals surface area contributed by atoms with Crippen molar-refractivity contribution in [2.24, 2.45) is 4.99 Å². The summed E-state index contributed by atoms with van der Waals surface area (Å²) in [6.45, 7) is 2.90. The zero-order valence-electron chi connectivity index (χ0n) is 15.0. The number of rotatable bonds is 5. The number of benzene rings is 2. The fourth-order valence-corrected chi connectivity index (χ4v) is 3.79. The fourth-order valence-electron chi connectivity index (χ4n) is 2.81. The second-order valence-electron chi connectivity index (χ2n) is 6.02. The Morgan fingerprint density at radius 1 is 1.15 bits per heavy atom. The van der Waals surface area contributed by atoms with Crippen LogP contribution in [0.15, 0.2) is 58.9 Å². The molecule has 0 aliphatic carbocycles. The average Bonchev–Trinajstić information content (AvgIpc) is 3.04. The van der Waals surface area contributed by atoms with Gasteiger partial charge >= 0.3 is 5.97 Å². The number of anilines is 1. The zero-order valence-corrected chi connectivity index (χ0v) is 15.8. The lowest BCUT2D eigenvalue weighted by Crippen LogP contribution is -2.16. The van der Waals surface area contributed by atoms with Gasteiger partial charge in [-0.2, -0.15) is 0 Å². The third-order valence-corrected chi connectivity index (χ3v) is 4.98. The third-order valence-electron chi connectivity index (χ3n) is 4.11. The number of nitrogens with zero attached hydrogens (tertiary/aromatic N) is 3. The second-order valence-corrected chi connectivity index (χ2v) is 6.86. The summed E-state index contributed by atoms with van der Waals surface area (Å²) in [5.74, 6) is -0.932. The summed E-state index contributed by atoms with van der Waals surface area (Å²) in [5, 5.41) is 11.1. The van der Waals surface area contributed by atoms with E-state index in [1.807, 2.05) is 26.2 Å². The molecule has 0 saturated heterocycles. The van der Waals surface area contributed by atoms with Crippen molar-refractivity contribution in [1.29, 1.82) is 0 Å². The molecule has 0 bridgehead atoms. The minimum atomic E-state index is -0.932. The average molecular weight is 367 g/mol. The highest BCUT2D eigenvalue weighted by atomic mass is 32.1. The van der Waals surface area contributed by atoms with Gasteiger partial charge in [0.15, 0.2) is 4.80 Å². The van der Waals surface area contributed by atoms with Crippen molar-refractivity contribution >= 4 is 28.7 Å². The van der Waals surface area contributed by atoms with Crippen LogP contribution >= 0.6 is 11.3 Å². The van der Waals surface area contributed by atoms with Crippen LogP contribution < -0.4 is 9.70 Å². The van der Waals surface area contributed by atoms with Crippen LogP contribution in [0.5, 0.6) is 0 Å². The molecule has 1 heterocycles. The molecule has 1 N–H and O–H groups in total. The molecule has 5 nitrogen and oxygen atoms in total. The first kappa shape index (κ1) is 17.9. The Labute approximate surface area is 156 Å². The number of para-hydroxylation sites is 1. The van der Waals surface area contributed by atoms with Crippen LogP contribution in [-0.4, -0.2) is 29.7 Å². The zero-order chi connectivity index (χ0) is 18.7. The molecule has 3 rings (SSSR count). The number of hydrogen-bond acceptors (Lipinski definition) is 4. The van der Waals surface area contributed by atoms with Crippen LogP contribution in [0.4, 0.5) is 11.4 Å². The summed E-state index contributed by atoms with van der Waals surface area (Å²) in [4.78, 5) is 18.7. The van der Waals surface area contributed by atoms with Crippen molar-refractivity contribution in [3.63, 3.8) is 0 Å². The number of aromatic carboxylic acids is 1. The fraction of sp³-hybridized carbons (Fsp3) is 0.200. The van der Waals surface area contributed by atoms with Crippen LogP contribution in [0.25, 0.3) is 11.3 Å². The summed E-state index contributed by atoms with van der Waals surface area (Å²) in [6, 6.07) is 14.9. The second kappa shape index (κ2) is 7.58. The van der Waals surface area contributed by atoms with Crippen LogP contribution in [0, 0.1) is 0 Å². The van der Waals surface area contributed by atoms with Crippen LogP contribution in [0.3, 0.4) is 0 Å². The van der Waals surface area contributed by atoms with E-state index in [1.165, 1.54) is 5.56 Å². The molecule has 0 aliphatic rings. The Balaban J connectivity index is 2.08. The maximum atomic E-state index is 11.0. The van der Waals surface area contributed by atoms with Gasteiger partial charge in [-0.15, -0.1) is 11.3 Å². The largest absolute Gasteiger partial charge is 0.478 e. The van der Waals surface area contributed by atoms with Gasteiger partial charge in [-0.1, -0.05) is 18.2 Å². The van der Waals surface area contributed by atoms with Gasteiger partial charge in [-0.05, 0) is 37.3 Å². The summed E-state index contributed by atoms with van der Waals surface area (Å²) in [5.41, 5.74) is 4.46. The van der Waals surface area contributed by atoms with Crippen molar-refractivity contribution in [1.82, 2.24) is 4.57 Å². The standard InChI is InChI=1S/C20H21N3O2S/c1-4-23-18(16-7-5-6-8-17(16)22(2)3)13-26-20(23)21-15-11-9-14(10-12-15)19(24)25/h5-13H,4H2,1-3H3,(H,24,25). The van der Waals surface area contributed by atoms with E-state index < -0.39 is 5.97 Å². The predicted octanol–water partition coefficient (Wildman–Crippen LogP) is 4.23. The smallest absolute Gasteiger partial charge is 0.335 e. The van der Waals surface area contributed by atoms with E-state index in [0.29, 0.717) is 0 Å². The molecule has 1 aromatic heterocycles. The molecule has 2 aromatic carbocycles. The van der Waals surface area contributed by atoms with Crippen LogP contribution in [0.2, 0.25) is 0 Å². The lowest BCUT2D eigenvalue weighted by molar-refractivity contribution is 0.0697. The van der Waals surface area contributed by atoms with Crippen molar-refractivity contribution < 1.29 is 9.90 Å². The highest BCUT2D eigenvalue weighted by molar-refractivity contribution is 7.07. The molecule has 6 heteroatoms. The number of carboxylic acids is 1. The summed E-state index contributed by atoms with van der Waals surface area (Å²) in [6.07, 6.45) is 0. The van der Waals surface area contributed by atoms with Crippen molar-refractivity contribution in [3.05, 3.63) is 64.3 Å². The van der Waals surface area contributed by atoms with Crippen LogP contribution in [-0.2, 0) is 6.54 Å². The minimum Gasteiger partial charge on any atom is -0.478 e. The Morgan fingerprint density at radius 3 is 2.46 bits per heavy atom. The van der Waals surface area contributed by atoms with Gasteiger partial charge in [0.05, 0.1) is 16.9 Å². The topological polar surface area (TPSA) is 57.8 Å². The molecule has 26 heavy (non-hydrogen) atoms. The first-order chi connectivity index (χ1) is 12.5. The molecule has 0 spiro atoms. The van der Waals surface area contributed by atoms with E-state index in [9.17, 15) is 4.79 Å². The summed E-state index contributed by atoms with van der Waals surface area (Å²) in [7, 11) is 4.08. The van der Waals surface area contributed by atoms with Gasteiger partial charge in [0.1, 0.15) is 0 Å². The lowest BCUT2D eigenvalue weighted by Gasteiger charge is -2.18. The van der Waals surface area contributed by atoms with Gasteiger partial charge in [-0.3, -0.25) is 0 Å². The first-order valence-corrected chi connectivity index (χ1v) is 9.22. The van der Waals surface area contributed by atoms with Gasteiger partial charge < -0.3 is 14.6 Å². The van der Waals surface area contributed by atoms with Gasteiger partial charge in [0.2, 0.25) is 0 Å². The quantitative estimate of drug-likeness (QED) is 0.734. The van der Waals surface area contributed by atoms with E-state index in [4.69, 9.17) is 10.1 Å². The number of thiazole rings is 1. The highest BCUT2D eigenvalue weighted by Gasteiger charge is 2.12. The van der Waals surface area contributed by atoms with E-state index in [-0.39, 0.29) is 5.56 Å². The Hall–Kier alpha value is -2.86. The Kier molecular flexibility index (Phi) is 5.23. The molecular weight excluding hydrogens is 346 g/mol. The highest BCUT2D eigenvalue weighted by Crippen LogP contribution is 2.30. The minimum absolute atomic E-state index is 0.263. The van der Waals surface area contributed by atoms with Crippen molar-refractivity contribution in [2.45, 2.75) is 13.5 Å².